The summed E-state index contributed by atoms with van der Waals surface area (Å²) in [5.74, 6) is -7.49. The average Bonchev–Trinajstić information content (AvgIpc) is 2.79. The number of ketones is 2. The van der Waals surface area contributed by atoms with Crippen molar-refractivity contribution in [2.75, 3.05) is 14.1 Å². The van der Waals surface area contributed by atoms with Crippen LogP contribution in [0.2, 0.25) is 0 Å². The van der Waals surface area contributed by atoms with E-state index in [0.717, 1.165) is 6.07 Å². The van der Waals surface area contributed by atoms with Crippen molar-refractivity contribution in [2.45, 2.75) is 24.5 Å². The molecule has 0 unspecified atom stereocenters. The Kier molecular flexibility index (Phi) is 4.89. The number of hydrogen-bond acceptors (Lipinski definition) is 10. The summed E-state index contributed by atoms with van der Waals surface area (Å²) in [5.41, 5.74) is 0.601. The third kappa shape index (κ3) is 2.78. The lowest BCUT2D eigenvalue weighted by Gasteiger charge is -2.50. The van der Waals surface area contributed by atoms with Crippen LogP contribution in [0, 0.1) is 11.8 Å². The van der Waals surface area contributed by atoms with Gasteiger partial charge >= 0.3 is 0 Å². The molecule has 2 aromatic rings. The molecule has 11 nitrogen and oxygen atoms in total. The van der Waals surface area contributed by atoms with E-state index < -0.39 is 74.7 Å². The highest BCUT2D eigenvalue weighted by molar-refractivity contribution is 6.24. The van der Waals surface area contributed by atoms with Crippen molar-refractivity contribution >= 4 is 23.2 Å². The first-order valence-electron chi connectivity index (χ1n) is 11.1. The van der Waals surface area contributed by atoms with Crippen LogP contribution in [0.5, 0.6) is 5.75 Å². The van der Waals surface area contributed by atoms with Gasteiger partial charge in [0.05, 0.1) is 11.6 Å². The van der Waals surface area contributed by atoms with Crippen molar-refractivity contribution < 1.29 is 34.8 Å². The summed E-state index contributed by atoms with van der Waals surface area (Å²) in [7, 11) is 3.02. The van der Waals surface area contributed by atoms with E-state index in [2.05, 4.69) is 0 Å². The van der Waals surface area contributed by atoms with E-state index in [-0.39, 0.29) is 29.5 Å². The average molecular weight is 494 g/mol. The summed E-state index contributed by atoms with van der Waals surface area (Å²) < 4.78 is 0. The molecule has 1 fully saturated rings. The molecule has 4 atom stereocenters. The van der Waals surface area contributed by atoms with Crippen LogP contribution >= 0.6 is 0 Å². The second-order valence-electron chi connectivity index (χ2n) is 9.70. The highest BCUT2D eigenvalue weighted by Gasteiger charge is 2.64. The Morgan fingerprint density at radius 1 is 1.08 bits per heavy atom. The SMILES string of the molecule is CN(C)[C@@H]1C(=O)C(C(N)=O)=C(O)[C@@]2(O)C(=O)C3=C(O)c4c(O)ccc(-c5cc(=O)c5=O)c4C[C@H]3C[C@@H]12. The number of amides is 1. The maximum atomic E-state index is 13.7. The highest BCUT2D eigenvalue weighted by atomic mass is 16.3. The largest absolute Gasteiger partial charge is 0.508 e. The molecule has 1 amide bonds. The Hall–Kier alpha value is -4.09. The summed E-state index contributed by atoms with van der Waals surface area (Å²) >= 11 is 0. The molecule has 0 spiro atoms. The number of aliphatic hydroxyl groups is 3. The topological polar surface area (TPSA) is 196 Å². The Balaban J connectivity index is 1.76. The van der Waals surface area contributed by atoms with Crippen molar-refractivity contribution in [2.24, 2.45) is 17.6 Å². The molecule has 5 rings (SSSR count). The van der Waals surface area contributed by atoms with Crippen LogP contribution in [0.4, 0.5) is 0 Å². The molecule has 0 heterocycles. The predicted molar refractivity (Wildman–Crippen MR) is 125 cm³/mol. The number of rotatable bonds is 3. The van der Waals surface area contributed by atoms with Gasteiger partial charge in [-0.05, 0) is 50.0 Å². The molecule has 0 bridgehead atoms. The molecule has 0 radical (unpaired) electrons. The van der Waals surface area contributed by atoms with E-state index in [9.17, 15) is 44.4 Å². The molecule has 6 N–H and O–H groups in total. The first kappa shape index (κ1) is 23.6. The maximum Gasteiger partial charge on any atom is 0.255 e. The smallest absolute Gasteiger partial charge is 0.255 e. The van der Waals surface area contributed by atoms with Gasteiger partial charge < -0.3 is 26.2 Å². The van der Waals surface area contributed by atoms with E-state index in [1.807, 2.05) is 0 Å². The van der Waals surface area contributed by atoms with Gasteiger partial charge in [-0.1, -0.05) is 6.07 Å². The third-order valence-corrected chi connectivity index (χ3v) is 7.64. The molecule has 3 aliphatic rings. The number of fused-ring (bicyclic) bond motifs is 3. The van der Waals surface area contributed by atoms with E-state index in [0.29, 0.717) is 11.1 Å². The summed E-state index contributed by atoms with van der Waals surface area (Å²) in [4.78, 5) is 63.9. The van der Waals surface area contributed by atoms with Crippen LogP contribution in [0.15, 0.2) is 44.7 Å². The second-order valence-corrected chi connectivity index (χ2v) is 9.70. The lowest BCUT2D eigenvalue weighted by atomic mass is 9.57. The third-order valence-electron chi connectivity index (χ3n) is 7.64. The normalized spacial score (nSPS) is 27.8. The predicted octanol–water partition coefficient (Wildman–Crippen LogP) is -0.773. The van der Waals surface area contributed by atoms with Gasteiger partial charge in [0, 0.05) is 23.1 Å². The Morgan fingerprint density at radius 3 is 2.31 bits per heavy atom. The summed E-state index contributed by atoms with van der Waals surface area (Å²) in [5, 5.41) is 44.1. The van der Waals surface area contributed by atoms with Gasteiger partial charge in [0.15, 0.2) is 11.4 Å². The number of carbonyl (C=O) groups is 3. The summed E-state index contributed by atoms with van der Waals surface area (Å²) in [6.07, 6.45) is -0.0517. The van der Waals surface area contributed by atoms with Gasteiger partial charge in [-0.2, -0.15) is 0 Å². The van der Waals surface area contributed by atoms with Crippen LogP contribution in [-0.2, 0) is 20.8 Å². The highest BCUT2D eigenvalue weighted by Crippen LogP contribution is 2.53. The molecule has 1 saturated carbocycles. The van der Waals surface area contributed by atoms with Crippen molar-refractivity contribution in [3.05, 3.63) is 66.7 Å². The van der Waals surface area contributed by atoms with Crippen molar-refractivity contribution in [1.82, 2.24) is 4.90 Å². The van der Waals surface area contributed by atoms with Gasteiger partial charge in [-0.15, -0.1) is 0 Å². The summed E-state index contributed by atoms with van der Waals surface area (Å²) in [6, 6.07) is 2.59. The Bertz CT molecular complexity index is 1540. The summed E-state index contributed by atoms with van der Waals surface area (Å²) in [6.45, 7) is 0. The van der Waals surface area contributed by atoms with Gasteiger partial charge in [-0.3, -0.25) is 28.9 Å². The fourth-order valence-electron chi connectivity index (χ4n) is 6.01. The Morgan fingerprint density at radius 2 is 1.75 bits per heavy atom. The molecule has 36 heavy (non-hydrogen) atoms. The van der Waals surface area contributed by atoms with Gasteiger partial charge in [0.25, 0.3) is 5.91 Å². The molecule has 11 heteroatoms. The number of nitrogens with zero attached hydrogens (tertiary/aromatic N) is 1. The second kappa shape index (κ2) is 7.45. The van der Waals surface area contributed by atoms with E-state index in [4.69, 9.17) is 5.73 Å². The number of likely N-dealkylation sites (N-methyl/N-ethyl adjacent to an activating group) is 1. The zero-order valence-corrected chi connectivity index (χ0v) is 19.2. The molecule has 0 saturated heterocycles. The minimum Gasteiger partial charge on any atom is -0.508 e. The van der Waals surface area contributed by atoms with Crippen LogP contribution in [0.1, 0.15) is 17.5 Å². The minimum absolute atomic E-state index is 0.0249. The van der Waals surface area contributed by atoms with Gasteiger partial charge in [-0.25, -0.2) is 0 Å². The zero-order chi connectivity index (χ0) is 26.4. The number of phenols is 1. The number of nitrogens with two attached hydrogens (primary N) is 1. The number of Topliss-reactive ketones (excluding diaryl/α,β-unsaturated/α-hetero) is 2. The first-order chi connectivity index (χ1) is 16.8. The number of primary amides is 1. The number of phenolic OH excluding ortho intramolecular Hbond substituents is 1. The molecule has 0 aliphatic heterocycles. The quantitative estimate of drug-likeness (QED) is 0.267. The van der Waals surface area contributed by atoms with E-state index in [1.54, 1.807) is 0 Å². The van der Waals surface area contributed by atoms with Crippen LogP contribution < -0.4 is 16.6 Å². The fraction of sp³-hybridized carbons (Fsp3) is 0.320. The lowest BCUT2D eigenvalue weighted by molar-refractivity contribution is -0.153. The van der Waals surface area contributed by atoms with E-state index >= 15 is 0 Å². The molecular weight excluding hydrogens is 472 g/mol. The molecule has 0 aromatic heterocycles. The molecule has 2 aromatic carbocycles. The molecular formula is C25H22N2O9. The minimum atomic E-state index is -2.73. The number of carbonyl (C=O) groups excluding carboxylic acids is 3. The number of hydrogen-bond donors (Lipinski definition) is 5. The van der Waals surface area contributed by atoms with Crippen LogP contribution in [0.3, 0.4) is 0 Å². The maximum absolute atomic E-state index is 13.7. The standard InChI is InChI=1S/C25H22N2O9/c1-27(2)18-12-6-8-5-10-9(11-7-14(29)19(11)30)3-4-13(28)16(10)20(31)15(8)22(33)25(12,36)23(34)17(21(18)32)24(26)35/h3-4,7-8,12,18,28,31,34,36H,5-6H2,1-2H3,(H2,26,35)/t8-,12-,18-,25-/m0/s1. The number of aromatic hydroxyl groups is 1. The monoisotopic (exact) mass is 494 g/mol. The van der Waals surface area contributed by atoms with Crippen molar-refractivity contribution in [1.29, 1.82) is 0 Å². The molecule has 186 valence electrons. The first-order valence-corrected chi connectivity index (χ1v) is 11.1. The van der Waals surface area contributed by atoms with Crippen LogP contribution in [-0.4, -0.2) is 68.5 Å². The van der Waals surface area contributed by atoms with Crippen molar-refractivity contribution in [3.8, 4) is 16.9 Å². The van der Waals surface area contributed by atoms with E-state index in [1.165, 1.54) is 31.1 Å². The zero-order valence-electron chi connectivity index (χ0n) is 19.2. The van der Waals surface area contributed by atoms with Gasteiger partial charge in [0.1, 0.15) is 22.8 Å². The molecule has 3 aliphatic carbocycles. The fourth-order valence-corrected chi connectivity index (χ4v) is 6.01. The number of benzene rings is 1. The number of aliphatic hydroxyl groups excluding tert-OH is 2. The Labute approximate surface area is 203 Å². The van der Waals surface area contributed by atoms with Crippen molar-refractivity contribution in [3.63, 3.8) is 0 Å². The van der Waals surface area contributed by atoms with Gasteiger partial charge in [0.2, 0.25) is 16.6 Å². The van der Waals surface area contributed by atoms with Crippen LogP contribution in [0.25, 0.3) is 16.9 Å². The lowest BCUT2D eigenvalue weighted by Crippen LogP contribution is -2.65.